The number of hydrogen-bond acceptors (Lipinski definition) is 7. The molecule has 0 spiro atoms. The molecule has 0 N–H and O–H groups in total. The van der Waals surface area contributed by atoms with Gasteiger partial charge >= 0.3 is 0 Å². The second-order valence-electron chi connectivity index (χ2n) is 6.16. The molecular weight excluding hydrogens is 380 g/mol. The Morgan fingerprint density at radius 1 is 1.25 bits per heavy atom. The number of nitrogens with zero attached hydrogens (tertiary/aromatic N) is 4. The number of rotatable bonds is 4. The number of nitro groups is 1. The Bertz CT molecular complexity index is 1210. The van der Waals surface area contributed by atoms with E-state index < -0.39 is 4.92 Å². The molecule has 0 radical (unpaired) electrons. The van der Waals surface area contributed by atoms with Crippen LogP contribution in [0.25, 0.3) is 6.08 Å². The molecule has 1 aromatic heterocycles. The van der Waals surface area contributed by atoms with Crippen molar-refractivity contribution < 1.29 is 9.66 Å². The van der Waals surface area contributed by atoms with Crippen LogP contribution in [0.4, 0.5) is 11.4 Å². The molecule has 0 amide bonds. The molecule has 28 heavy (non-hydrogen) atoms. The number of hydrogen-bond donors (Lipinski definition) is 0. The fourth-order valence-corrected chi connectivity index (χ4v) is 3.91. The topological polar surface area (TPSA) is 90.0 Å². The normalized spacial score (nSPS) is 13.8. The van der Waals surface area contributed by atoms with Crippen molar-refractivity contribution >= 4 is 28.8 Å². The van der Waals surface area contributed by atoms with Crippen LogP contribution in [0.15, 0.2) is 58.3 Å². The maximum absolute atomic E-state index is 12.8. The van der Waals surface area contributed by atoms with Crippen molar-refractivity contribution in [2.45, 2.75) is 6.67 Å². The van der Waals surface area contributed by atoms with Gasteiger partial charge in [-0.15, -0.1) is 0 Å². The molecule has 142 valence electrons. The summed E-state index contributed by atoms with van der Waals surface area (Å²) in [7, 11) is 1.61. The highest BCUT2D eigenvalue weighted by molar-refractivity contribution is 7.07. The Hall–Kier alpha value is -3.46. The third kappa shape index (κ3) is 3.39. The molecule has 1 aliphatic rings. The van der Waals surface area contributed by atoms with Gasteiger partial charge in [-0.2, -0.15) is 0 Å². The van der Waals surface area contributed by atoms with Gasteiger partial charge in [-0.3, -0.25) is 19.5 Å². The lowest BCUT2D eigenvalue weighted by Crippen LogP contribution is -2.42. The minimum absolute atomic E-state index is 0.00876. The number of aromatic nitrogens is 1. The van der Waals surface area contributed by atoms with Crippen molar-refractivity contribution in [1.29, 1.82) is 0 Å². The third-order valence-electron chi connectivity index (χ3n) is 4.39. The lowest BCUT2D eigenvalue weighted by Gasteiger charge is -2.25. The highest BCUT2D eigenvalue weighted by Crippen LogP contribution is 2.20. The van der Waals surface area contributed by atoms with Crippen molar-refractivity contribution in [3.05, 3.63) is 83.9 Å². The van der Waals surface area contributed by atoms with Gasteiger partial charge in [-0.05, 0) is 35.9 Å². The van der Waals surface area contributed by atoms with E-state index in [1.54, 1.807) is 29.9 Å². The lowest BCUT2D eigenvalue weighted by atomic mass is 10.2. The number of anilines is 1. The molecule has 2 aromatic carbocycles. The molecule has 0 unspecified atom stereocenters. The first kappa shape index (κ1) is 17.9. The largest absolute Gasteiger partial charge is 0.497 e. The van der Waals surface area contributed by atoms with Crippen molar-refractivity contribution in [2.75, 3.05) is 18.7 Å². The van der Waals surface area contributed by atoms with Gasteiger partial charge in [0.15, 0.2) is 4.80 Å². The molecular formula is C19H16N4O4S. The quantitative estimate of drug-likeness (QED) is 0.495. The smallest absolute Gasteiger partial charge is 0.271 e. The van der Waals surface area contributed by atoms with Gasteiger partial charge in [0, 0.05) is 17.8 Å². The highest BCUT2D eigenvalue weighted by Gasteiger charge is 2.16. The van der Waals surface area contributed by atoms with Crippen LogP contribution >= 0.6 is 11.3 Å². The first-order chi connectivity index (χ1) is 13.5. The highest BCUT2D eigenvalue weighted by atomic mass is 32.1. The predicted molar refractivity (Wildman–Crippen MR) is 106 cm³/mol. The zero-order valence-corrected chi connectivity index (χ0v) is 15.8. The molecule has 0 saturated carbocycles. The molecule has 3 aromatic rings. The summed E-state index contributed by atoms with van der Waals surface area (Å²) in [5.74, 6) is 0.764. The van der Waals surface area contributed by atoms with Crippen molar-refractivity contribution in [3.8, 4) is 5.75 Å². The SMILES string of the molecule is COc1ccc(N2CN=c3s/c(=C\c4cccc([N+](=O)[O-])c4)c(=O)n3C2)cc1. The Labute approximate surface area is 163 Å². The third-order valence-corrected chi connectivity index (χ3v) is 5.44. The van der Waals surface area contributed by atoms with Crippen LogP contribution in [0, 0.1) is 10.1 Å². The zero-order chi connectivity index (χ0) is 19.7. The van der Waals surface area contributed by atoms with E-state index in [9.17, 15) is 14.9 Å². The first-order valence-electron chi connectivity index (χ1n) is 8.44. The summed E-state index contributed by atoms with van der Waals surface area (Å²) < 4.78 is 7.28. The van der Waals surface area contributed by atoms with Crippen LogP contribution < -0.4 is 24.5 Å². The van der Waals surface area contributed by atoms with E-state index in [1.165, 1.54) is 23.5 Å². The van der Waals surface area contributed by atoms with Gasteiger partial charge in [0.05, 0.1) is 16.6 Å². The van der Waals surface area contributed by atoms with Gasteiger partial charge < -0.3 is 9.64 Å². The number of methoxy groups -OCH3 is 1. The number of thiazole rings is 1. The average molecular weight is 396 g/mol. The maximum Gasteiger partial charge on any atom is 0.271 e. The van der Waals surface area contributed by atoms with E-state index in [0.29, 0.717) is 28.2 Å². The predicted octanol–water partition coefficient (Wildman–Crippen LogP) is 1.71. The number of ether oxygens (including phenoxy) is 1. The Morgan fingerprint density at radius 3 is 2.75 bits per heavy atom. The molecule has 0 saturated heterocycles. The van der Waals surface area contributed by atoms with E-state index >= 15 is 0 Å². The van der Waals surface area contributed by atoms with Crippen LogP contribution in [-0.4, -0.2) is 23.3 Å². The van der Waals surface area contributed by atoms with Gasteiger partial charge in [0.1, 0.15) is 19.1 Å². The van der Waals surface area contributed by atoms with Crippen LogP contribution in [0.2, 0.25) is 0 Å². The number of non-ortho nitro benzene ring substituents is 1. The molecule has 2 heterocycles. The molecule has 4 rings (SSSR count). The van der Waals surface area contributed by atoms with E-state index in [1.807, 2.05) is 29.2 Å². The van der Waals surface area contributed by atoms with Crippen LogP contribution in [0.1, 0.15) is 5.56 Å². The van der Waals surface area contributed by atoms with Crippen molar-refractivity contribution in [1.82, 2.24) is 4.57 Å². The maximum atomic E-state index is 12.8. The summed E-state index contributed by atoms with van der Waals surface area (Å²) >= 11 is 1.29. The summed E-state index contributed by atoms with van der Waals surface area (Å²) in [5, 5.41) is 10.9. The molecule has 0 aliphatic carbocycles. The summed E-state index contributed by atoms with van der Waals surface area (Å²) in [4.78, 5) is 30.4. The fourth-order valence-electron chi connectivity index (χ4n) is 2.95. The van der Waals surface area contributed by atoms with Gasteiger partial charge in [-0.1, -0.05) is 23.5 Å². The molecule has 0 fully saturated rings. The minimum atomic E-state index is -0.453. The molecule has 0 atom stereocenters. The van der Waals surface area contributed by atoms with Gasteiger partial charge in [0.2, 0.25) is 0 Å². The summed E-state index contributed by atoms with van der Waals surface area (Å²) in [6, 6.07) is 13.8. The lowest BCUT2D eigenvalue weighted by molar-refractivity contribution is -0.384. The van der Waals surface area contributed by atoms with Crippen molar-refractivity contribution in [3.63, 3.8) is 0 Å². The van der Waals surface area contributed by atoms with Crippen molar-refractivity contribution in [2.24, 2.45) is 4.99 Å². The Morgan fingerprint density at radius 2 is 2.04 bits per heavy atom. The minimum Gasteiger partial charge on any atom is -0.497 e. The second-order valence-corrected chi connectivity index (χ2v) is 7.17. The second kappa shape index (κ2) is 7.28. The van der Waals surface area contributed by atoms with Gasteiger partial charge in [-0.25, -0.2) is 4.99 Å². The van der Waals surface area contributed by atoms with E-state index in [2.05, 4.69) is 4.99 Å². The monoisotopic (exact) mass is 396 g/mol. The first-order valence-corrected chi connectivity index (χ1v) is 9.26. The standard InChI is InChI=1S/C19H16N4O4S/c1-27-16-7-5-14(6-8-16)21-11-20-19-22(12-21)18(24)17(28-19)10-13-3-2-4-15(9-13)23(25)26/h2-10H,11-12H2,1H3/b17-10-. The molecule has 8 nitrogen and oxygen atoms in total. The number of nitro benzene ring substituents is 1. The molecule has 0 bridgehead atoms. The molecule has 9 heteroatoms. The summed E-state index contributed by atoms with van der Waals surface area (Å²) in [6.45, 7) is 0.839. The van der Waals surface area contributed by atoms with Gasteiger partial charge in [0.25, 0.3) is 11.2 Å². The van der Waals surface area contributed by atoms with E-state index in [4.69, 9.17) is 4.74 Å². The van der Waals surface area contributed by atoms with E-state index in [-0.39, 0.29) is 11.2 Å². The average Bonchev–Trinajstić information content (AvgIpc) is 3.03. The Kier molecular flexibility index (Phi) is 4.66. The summed E-state index contributed by atoms with van der Waals surface area (Å²) in [6.07, 6.45) is 1.67. The van der Waals surface area contributed by atoms with Crippen LogP contribution in [0.3, 0.4) is 0 Å². The van der Waals surface area contributed by atoms with Crippen LogP contribution in [0.5, 0.6) is 5.75 Å². The summed E-state index contributed by atoms with van der Waals surface area (Å²) in [5.41, 5.74) is 1.38. The van der Waals surface area contributed by atoms with Crippen LogP contribution in [-0.2, 0) is 6.67 Å². The number of benzene rings is 2. The number of fused-ring (bicyclic) bond motifs is 1. The Balaban J connectivity index is 1.67. The molecule has 1 aliphatic heterocycles. The fraction of sp³-hybridized carbons (Fsp3) is 0.158. The van der Waals surface area contributed by atoms with E-state index in [0.717, 1.165) is 11.4 Å². The zero-order valence-electron chi connectivity index (χ0n) is 14.9.